The first kappa shape index (κ1) is 13.8. The van der Waals surface area contributed by atoms with Crippen LogP contribution in [-0.2, 0) is 11.2 Å². The van der Waals surface area contributed by atoms with E-state index in [1.165, 1.54) is 0 Å². The second-order valence-corrected chi connectivity index (χ2v) is 5.16. The van der Waals surface area contributed by atoms with Gasteiger partial charge in [0, 0.05) is 18.3 Å². The molecule has 1 aliphatic rings. The molecule has 0 aliphatic heterocycles. The van der Waals surface area contributed by atoms with Crippen molar-refractivity contribution < 1.29 is 9.90 Å². The summed E-state index contributed by atoms with van der Waals surface area (Å²) in [5.74, 6) is 0.139. The summed E-state index contributed by atoms with van der Waals surface area (Å²) in [6, 6.07) is 1.95. The van der Waals surface area contributed by atoms with Gasteiger partial charge in [-0.1, -0.05) is 19.8 Å². The van der Waals surface area contributed by atoms with Gasteiger partial charge in [-0.25, -0.2) is 9.97 Å². The van der Waals surface area contributed by atoms with Crippen molar-refractivity contribution in [2.24, 2.45) is 11.8 Å². The van der Waals surface area contributed by atoms with Crippen LogP contribution in [0.2, 0.25) is 0 Å². The van der Waals surface area contributed by atoms with E-state index in [1.807, 2.05) is 6.07 Å². The summed E-state index contributed by atoms with van der Waals surface area (Å²) in [4.78, 5) is 19.5. The molecular formula is C14H21N3O2. The van der Waals surface area contributed by atoms with E-state index in [0.717, 1.165) is 43.6 Å². The standard InChI is InChI=1S/C14H21N3O2/c1-2-4-11-7-13(17-9-16-11)15-8-10-5-3-6-12(10)14(18)19/h7,9-10,12H,2-6,8H2,1H3,(H,18,19)(H,15,16,17). The van der Waals surface area contributed by atoms with E-state index in [0.29, 0.717) is 6.54 Å². The van der Waals surface area contributed by atoms with Crippen molar-refractivity contribution in [3.8, 4) is 0 Å². The zero-order valence-electron chi connectivity index (χ0n) is 11.3. The minimum absolute atomic E-state index is 0.204. The van der Waals surface area contributed by atoms with Crippen LogP contribution < -0.4 is 5.32 Å². The molecule has 2 rings (SSSR count). The maximum atomic E-state index is 11.1. The summed E-state index contributed by atoms with van der Waals surface area (Å²) < 4.78 is 0. The highest BCUT2D eigenvalue weighted by molar-refractivity contribution is 5.70. The topological polar surface area (TPSA) is 75.1 Å². The number of aromatic nitrogens is 2. The summed E-state index contributed by atoms with van der Waals surface area (Å²) in [6.45, 7) is 2.80. The molecule has 1 saturated carbocycles. The number of carbonyl (C=O) groups is 1. The van der Waals surface area contributed by atoms with Gasteiger partial charge >= 0.3 is 5.97 Å². The van der Waals surface area contributed by atoms with Gasteiger partial charge in [-0.2, -0.15) is 0 Å². The van der Waals surface area contributed by atoms with Crippen molar-refractivity contribution in [2.75, 3.05) is 11.9 Å². The van der Waals surface area contributed by atoms with Gasteiger partial charge in [-0.3, -0.25) is 4.79 Å². The molecule has 1 fully saturated rings. The van der Waals surface area contributed by atoms with Crippen molar-refractivity contribution in [2.45, 2.75) is 39.0 Å². The van der Waals surface area contributed by atoms with E-state index in [4.69, 9.17) is 5.11 Å². The Morgan fingerprint density at radius 3 is 3.05 bits per heavy atom. The highest BCUT2D eigenvalue weighted by Crippen LogP contribution is 2.31. The number of nitrogens with one attached hydrogen (secondary N) is 1. The Hall–Kier alpha value is -1.65. The number of anilines is 1. The molecule has 19 heavy (non-hydrogen) atoms. The Morgan fingerprint density at radius 2 is 2.32 bits per heavy atom. The zero-order chi connectivity index (χ0) is 13.7. The van der Waals surface area contributed by atoms with Crippen molar-refractivity contribution >= 4 is 11.8 Å². The molecule has 104 valence electrons. The van der Waals surface area contributed by atoms with Crippen LogP contribution >= 0.6 is 0 Å². The molecule has 0 radical (unpaired) electrons. The smallest absolute Gasteiger partial charge is 0.306 e. The molecule has 5 nitrogen and oxygen atoms in total. The number of hydrogen-bond acceptors (Lipinski definition) is 4. The first-order valence-corrected chi connectivity index (χ1v) is 6.98. The molecule has 0 saturated heterocycles. The van der Waals surface area contributed by atoms with Crippen LogP contribution in [0.25, 0.3) is 0 Å². The Kier molecular flexibility index (Phi) is 4.71. The van der Waals surface area contributed by atoms with Gasteiger partial charge in [0.1, 0.15) is 12.1 Å². The minimum Gasteiger partial charge on any atom is -0.481 e. The quantitative estimate of drug-likeness (QED) is 0.824. The fourth-order valence-electron chi connectivity index (χ4n) is 2.73. The fraction of sp³-hybridized carbons (Fsp3) is 0.643. The van der Waals surface area contributed by atoms with Gasteiger partial charge in [0.2, 0.25) is 0 Å². The molecule has 1 heterocycles. The van der Waals surface area contributed by atoms with Gasteiger partial charge < -0.3 is 10.4 Å². The van der Waals surface area contributed by atoms with Crippen LogP contribution in [0.3, 0.4) is 0 Å². The number of nitrogens with zero attached hydrogens (tertiary/aromatic N) is 2. The first-order chi connectivity index (χ1) is 9.20. The molecule has 2 N–H and O–H groups in total. The molecule has 5 heteroatoms. The van der Waals surface area contributed by atoms with E-state index in [2.05, 4.69) is 22.2 Å². The predicted molar refractivity (Wildman–Crippen MR) is 73.0 cm³/mol. The van der Waals surface area contributed by atoms with Crippen LogP contribution in [0, 0.1) is 11.8 Å². The summed E-state index contributed by atoms with van der Waals surface area (Å²) in [6.07, 6.45) is 6.35. The number of aryl methyl sites for hydroxylation is 1. The largest absolute Gasteiger partial charge is 0.481 e. The van der Waals surface area contributed by atoms with Gasteiger partial charge in [-0.05, 0) is 25.2 Å². The van der Waals surface area contributed by atoms with Crippen LogP contribution in [0.15, 0.2) is 12.4 Å². The van der Waals surface area contributed by atoms with Gasteiger partial charge in [0.25, 0.3) is 0 Å². The Balaban J connectivity index is 1.91. The van der Waals surface area contributed by atoms with Gasteiger partial charge in [-0.15, -0.1) is 0 Å². The molecule has 2 atom stereocenters. The van der Waals surface area contributed by atoms with E-state index >= 15 is 0 Å². The molecule has 0 aromatic carbocycles. The number of carboxylic acids is 1. The summed E-state index contributed by atoms with van der Waals surface area (Å²) in [5, 5.41) is 12.4. The van der Waals surface area contributed by atoms with Crippen LogP contribution in [0.1, 0.15) is 38.3 Å². The summed E-state index contributed by atoms with van der Waals surface area (Å²) >= 11 is 0. The Bertz CT molecular complexity index is 436. The van der Waals surface area contributed by atoms with E-state index in [-0.39, 0.29) is 11.8 Å². The van der Waals surface area contributed by atoms with Crippen molar-refractivity contribution in [1.82, 2.24) is 9.97 Å². The Morgan fingerprint density at radius 1 is 1.47 bits per heavy atom. The number of rotatable bonds is 6. The molecule has 0 spiro atoms. The molecule has 0 bridgehead atoms. The average molecular weight is 263 g/mol. The Labute approximate surface area is 113 Å². The summed E-state index contributed by atoms with van der Waals surface area (Å²) in [7, 11) is 0. The van der Waals surface area contributed by atoms with Crippen molar-refractivity contribution in [3.05, 3.63) is 18.1 Å². The third-order valence-electron chi connectivity index (χ3n) is 3.75. The second kappa shape index (κ2) is 6.50. The molecule has 2 unspecified atom stereocenters. The highest BCUT2D eigenvalue weighted by atomic mass is 16.4. The molecule has 1 aliphatic carbocycles. The van der Waals surface area contributed by atoms with E-state index < -0.39 is 5.97 Å². The van der Waals surface area contributed by atoms with Crippen LogP contribution in [-0.4, -0.2) is 27.6 Å². The second-order valence-electron chi connectivity index (χ2n) is 5.16. The lowest BCUT2D eigenvalue weighted by Crippen LogP contribution is -2.24. The monoisotopic (exact) mass is 263 g/mol. The van der Waals surface area contributed by atoms with Crippen molar-refractivity contribution in [3.63, 3.8) is 0 Å². The summed E-state index contributed by atoms with van der Waals surface area (Å²) in [5.41, 5.74) is 1.03. The fourth-order valence-corrected chi connectivity index (χ4v) is 2.73. The average Bonchev–Trinajstić information content (AvgIpc) is 2.86. The third kappa shape index (κ3) is 3.66. The number of hydrogen-bond donors (Lipinski definition) is 2. The van der Waals surface area contributed by atoms with E-state index in [1.54, 1.807) is 6.33 Å². The lowest BCUT2D eigenvalue weighted by Gasteiger charge is -2.16. The maximum Gasteiger partial charge on any atom is 0.306 e. The lowest BCUT2D eigenvalue weighted by molar-refractivity contribution is -0.142. The van der Waals surface area contributed by atoms with Crippen molar-refractivity contribution in [1.29, 1.82) is 0 Å². The maximum absolute atomic E-state index is 11.1. The third-order valence-corrected chi connectivity index (χ3v) is 3.75. The molecule has 0 amide bonds. The van der Waals surface area contributed by atoms with Gasteiger partial charge in [0.15, 0.2) is 0 Å². The van der Waals surface area contributed by atoms with Crippen LogP contribution in [0.5, 0.6) is 0 Å². The van der Waals surface area contributed by atoms with Crippen LogP contribution in [0.4, 0.5) is 5.82 Å². The molecule has 1 aromatic heterocycles. The minimum atomic E-state index is -0.668. The van der Waals surface area contributed by atoms with Gasteiger partial charge in [0.05, 0.1) is 5.92 Å². The highest BCUT2D eigenvalue weighted by Gasteiger charge is 2.32. The zero-order valence-corrected chi connectivity index (χ0v) is 11.3. The first-order valence-electron chi connectivity index (χ1n) is 6.98. The number of carboxylic acid groups (broad SMARTS) is 1. The molecule has 1 aromatic rings. The SMILES string of the molecule is CCCc1cc(NCC2CCCC2C(=O)O)ncn1. The number of aliphatic carboxylic acids is 1. The lowest BCUT2D eigenvalue weighted by atomic mass is 9.96. The normalized spacial score (nSPS) is 22.4. The molecular weight excluding hydrogens is 242 g/mol. The van der Waals surface area contributed by atoms with E-state index in [9.17, 15) is 4.79 Å². The predicted octanol–water partition coefficient (Wildman–Crippen LogP) is 2.34.